The van der Waals surface area contributed by atoms with E-state index >= 15 is 0 Å². The fraction of sp³-hybridized carbons (Fsp3) is 0.250. The number of hydrogen-bond donors (Lipinski definition) is 3. The average Bonchev–Trinajstić information content (AvgIpc) is 2.68. The molecule has 0 spiro atoms. The van der Waals surface area contributed by atoms with Gasteiger partial charge in [-0.15, -0.1) is 0 Å². The Morgan fingerprint density at radius 3 is 2.86 bits per heavy atom. The zero-order valence-electron chi connectivity index (χ0n) is 15.4. The number of carbonyl (C=O) groups excluding carboxylic acids is 1. The van der Waals surface area contributed by atoms with Crippen LogP contribution < -0.4 is 10.1 Å². The van der Waals surface area contributed by atoms with Crippen molar-refractivity contribution in [2.24, 2.45) is 5.10 Å². The van der Waals surface area contributed by atoms with Crippen LogP contribution in [0.2, 0.25) is 0 Å². The summed E-state index contributed by atoms with van der Waals surface area (Å²) in [6.45, 7) is 1.31. The zero-order valence-corrected chi connectivity index (χ0v) is 15.4. The van der Waals surface area contributed by atoms with Gasteiger partial charge in [0.05, 0.1) is 6.54 Å². The third-order valence-corrected chi connectivity index (χ3v) is 4.24. The minimum Gasteiger partial charge on any atom is -0.505 e. The highest BCUT2D eigenvalue weighted by Crippen LogP contribution is 2.36. The molecule has 1 aromatic carbocycles. The molecule has 8 heteroatoms. The maximum absolute atomic E-state index is 12.5. The lowest BCUT2D eigenvalue weighted by atomic mass is 9.99. The van der Waals surface area contributed by atoms with Crippen LogP contribution in [0.1, 0.15) is 30.9 Å². The lowest BCUT2D eigenvalue weighted by Gasteiger charge is -2.29. The summed E-state index contributed by atoms with van der Waals surface area (Å²) in [5, 5.41) is 27.3. The lowest BCUT2D eigenvalue weighted by molar-refractivity contribution is -0.137. The molecule has 28 heavy (non-hydrogen) atoms. The molecule has 1 aliphatic heterocycles. The summed E-state index contributed by atoms with van der Waals surface area (Å²) in [6, 6.07) is 5.20. The molecule has 0 atom stereocenters. The first-order valence-electron chi connectivity index (χ1n) is 8.87. The number of benzene rings is 1. The largest absolute Gasteiger partial charge is 0.505 e. The second kappa shape index (κ2) is 8.43. The van der Waals surface area contributed by atoms with Gasteiger partial charge in [0.1, 0.15) is 18.1 Å². The average molecular weight is 383 g/mol. The highest BCUT2D eigenvalue weighted by molar-refractivity contribution is 6.01. The van der Waals surface area contributed by atoms with Crippen LogP contribution in [-0.2, 0) is 16.1 Å². The van der Waals surface area contributed by atoms with Crippen LogP contribution in [-0.4, -0.2) is 39.9 Å². The first-order chi connectivity index (χ1) is 13.5. The Bertz CT molecular complexity index is 914. The SMILES string of the molecule is C/C=N\N1Cc2c(OC3=CCCC=C3)cccc2C(O)=C1C(=O)NCC(=O)O. The minimum atomic E-state index is -1.18. The Hall–Kier alpha value is -3.55. The van der Waals surface area contributed by atoms with Gasteiger partial charge in [-0.05, 0) is 38.0 Å². The van der Waals surface area contributed by atoms with Gasteiger partial charge in [0.2, 0.25) is 0 Å². The molecule has 1 aromatic rings. The number of aliphatic carboxylic acids is 1. The van der Waals surface area contributed by atoms with Crippen LogP contribution in [0, 0.1) is 0 Å². The van der Waals surface area contributed by atoms with E-state index in [4.69, 9.17) is 9.84 Å². The number of allylic oxidation sites excluding steroid dienone is 3. The molecule has 0 saturated heterocycles. The van der Waals surface area contributed by atoms with E-state index in [1.165, 1.54) is 11.2 Å². The van der Waals surface area contributed by atoms with Crippen LogP contribution in [0.5, 0.6) is 5.75 Å². The van der Waals surface area contributed by atoms with E-state index in [-0.39, 0.29) is 18.0 Å². The van der Waals surface area contributed by atoms with E-state index in [2.05, 4.69) is 10.4 Å². The van der Waals surface area contributed by atoms with Crippen molar-refractivity contribution in [1.29, 1.82) is 0 Å². The molecule has 0 bridgehead atoms. The molecule has 1 aliphatic carbocycles. The lowest BCUT2D eigenvalue weighted by Crippen LogP contribution is -2.38. The number of carboxylic acids is 1. The van der Waals surface area contributed by atoms with E-state index in [0.29, 0.717) is 16.9 Å². The van der Waals surface area contributed by atoms with Crippen molar-refractivity contribution in [2.45, 2.75) is 26.3 Å². The minimum absolute atomic E-state index is 0.110. The molecule has 3 rings (SSSR count). The van der Waals surface area contributed by atoms with Crippen molar-refractivity contribution in [1.82, 2.24) is 10.3 Å². The Morgan fingerprint density at radius 1 is 1.36 bits per heavy atom. The summed E-state index contributed by atoms with van der Waals surface area (Å²) in [7, 11) is 0. The first kappa shape index (κ1) is 19.2. The van der Waals surface area contributed by atoms with Crippen molar-refractivity contribution >= 4 is 23.9 Å². The van der Waals surface area contributed by atoms with Crippen molar-refractivity contribution in [3.8, 4) is 5.75 Å². The first-order valence-corrected chi connectivity index (χ1v) is 8.87. The van der Waals surface area contributed by atoms with E-state index in [1.807, 2.05) is 18.2 Å². The van der Waals surface area contributed by atoms with Crippen LogP contribution >= 0.6 is 0 Å². The number of carboxylic acid groups (broad SMARTS) is 1. The molecular formula is C20H21N3O5. The van der Waals surface area contributed by atoms with Gasteiger partial charge >= 0.3 is 5.97 Å². The molecule has 0 radical (unpaired) electrons. The summed E-state index contributed by atoms with van der Waals surface area (Å²) >= 11 is 0. The number of carbonyl (C=O) groups is 2. The molecule has 0 fully saturated rings. The van der Waals surface area contributed by atoms with E-state index < -0.39 is 18.4 Å². The predicted octanol–water partition coefficient (Wildman–Crippen LogP) is 2.55. The van der Waals surface area contributed by atoms with Gasteiger partial charge in [0.15, 0.2) is 11.5 Å². The van der Waals surface area contributed by atoms with Crippen molar-refractivity contribution in [3.05, 3.63) is 59.0 Å². The number of amides is 1. The summed E-state index contributed by atoms with van der Waals surface area (Å²) in [5.74, 6) is -0.907. The molecule has 0 unspecified atom stereocenters. The molecule has 2 aliphatic rings. The highest BCUT2D eigenvalue weighted by atomic mass is 16.5. The zero-order chi connectivity index (χ0) is 20.1. The Morgan fingerprint density at radius 2 is 2.18 bits per heavy atom. The van der Waals surface area contributed by atoms with Gasteiger partial charge in [-0.3, -0.25) is 14.6 Å². The molecular weight excluding hydrogens is 362 g/mol. The second-order valence-electron chi connectivity index (χ2n) is 6.18. The van der Waals surface area contributed by atoms with E-state index in [0.717, 1.165) is 18.6 Å². The van der Waals surface area contributed by atoms with Crippen LogP contribution in [0.25, 0.3) is 5.76 Å². The van der Waals surface area contributed by atoms with Gasteiger partial charge < -0.3 is 20.3 Å². The number of hydrazone groups is 1. The van der Waals surface area contributed by atoms with E-state index in [1.54, 1.807) is 25.1 Å². The molecule has 0 aromatic heterocycles. The number of aliphatic hydroxyl groups is 1. The topological polar surface area (TPSA) is 111 Å². The molecule has 8 nitrogen and oxygen atoms in total. The fourth-order valence-electron chi connectivity index (χ4n) is 3.02. The molecule has 1 heterocycles. The van der Waals surface area contributed by atoms with Gasteiger partial charge in [-0.2, -0.15) is 5.10 Å². The van der Waals surface area contributed by atoms with Crippen LogP contribution in [0.4, 0.5) is 0 Å². The van der Waals surface area contributed by atoms with Gasteiger partial charge in [-0.25, -0.2) is 0 Å². The highest BCUT2D eigenvalue weighted by Gasteiger charge is 2.31. The number of fused-ring (bicyclic) bond motifs is 1. The summed E-state index contributed by atoms with van der Waals surface area (Å²) in [4.78, 5) is 23.2. The number of aliphatic hydroxyl groups excluding tert-OH is 1. The Balaban J connectivity index is 1.99. The summed E-state index contributed by atoms with van der Waals surface area (Å²) < 4.78 is 5.99. The quantitative estimate of drug-likeness (QED) is 0.651. The third kappa shape index (κ3) is 4.06. The van der Waals surface area contributed by atoms with E-state index in [9.17, 15) is 14.7 Å². The van der Waals surface area contributed by atoms with Crippen molar-refractivity contribution in [2.75, 3.05) is 6.54 Å². The second-order valence-corrected chi connectivity index (χ2v) is 6.18. The molecule has 0 saturated carbocycles. The van der Waals surface area contributed by atoms with Gasteiger partial charge in [-0.1, -0.05) is 18.2 Å². The van der Waals surface area contributed by atoms with Gasteiger partial charge in [0, 0.05) is 17.3 Å². The number of nitrogens with one attached hydrogen (secondary N) is 1. The maximum Gasteiger partial charge on any atom is 0.322 e. The maximum atomic E-state index is 12.5. The number of ether oxygens (including phenoxy) is 1. The van der Waals surface area contributed by atoms with Crippen LogP contribution in [0.15, 0.2) is 53.0 Å². The smallest absolute Gasteiger partial charge is 0.322 e. The molecule has 146 valence electrons. The molecule has 1 amide bonds. The Kier molecular flexibility index (Phi) is 5.78. The summed E-state index contributed by atoms with van der Waals surface area (Å²) in [5.41, 5.74) is 1.02. The Labute approximate surface area is 162 Å². The van der Waals surface area contributed by atoms with Crippen molar-refractivity contribution in [3.63, 3.8) is 0 Å². The summed E-state index contributed by atoms with van der Waals surface area (Å²) in [6.07, 6.45) is 9.27. The normalized spacial score (nSPS) is 16.0. The van der Waals surface area contributed by atoms with Crippen molar-refractivity contribution < 1.29 is 24.5 Å². The number of rotatable bonds is 6. The number of hydrogen-bond acceptors (Lipinski definition) is 6. The predicted molar refractivity (Wildman–Crippen MR) is 103 cm³/mol. The monoisotopic (exact) mass is 383 g/mol. The van der Waals surface area contributed by atoms with Crippen LogP contribution in [0.3, 0.4) is 0 Å². The standard InChI is InChI=1S/C20H21N3O5/c1-2-22-23-12-15-14(19(26)18(23)20(27)21-11-17(24)25)9-6-10-16(15)28-13-7-4-3-5-8-13/h2,4,6-10,26H,3,5,11-12H2,1H3,(H,21,27)(H,24,25)/b22-2-. The third-order valence-electron chi connectivity index (χ3n) is 4.24. The molecule has 3 N–H and O–H groups in total. The fourth-order valence-corrected chi connectivity index (χ4v) is 3.02. The van der Waals surface area contributed by atoms with Gasteiger partial charge in [0.25, 0.3) is 5.91 Å². The number of nitrogens with zero attached hydrogens (tertiary/aromatic N) is 2.